The van der Waals surface area contributed by atoms with Crippen LogP contribution in [0.5, 0.6) is 5.75 Å². The summed E-state index contributed by atoms with van der Waals surface area (Å²) >= 11 is 0. The second kappa shape index (κ2) is 4.46. The van der Waals surface area contributed by atoms with Crippen molar-refractivity contribution in [2.75, 3.05) is 13.1 Å². The third-order valence-corrected chi connectivity index (χ3v) is 3.74. The van der Waals surface area contributed by atoms with Crippen LogP contribution in [0.4, 0.5) is 0 Å². The zero-order valence-corrected chi connectivity index (χ0v) is 9.61. The molecule has 2 heteroatoms. The molecule has 1 heterocycles. The first-order valence-corrected chi connectivity index (χ1v) is 6.39. The van der Waals surface area contributed by atoms with Gasteiger partial charge in [0.1, 0.15) is 5.75 Å². The van der Waals surface area contributed by atoms with E-state index in [2.05, 4.69) is 29.6 Å². The van der Waals surface area contributed by atoms with Gasteiger partial charge in [-0.15, -0.1) is 0 Å². The Hall–Kier alpha value is -1.02. The van der Waals surface area contributed by atoms with E-state index >= 15 is 0 Å². The number of hydrogen-bond donors (Lipinski definition) is 1. The van der Waals surface area contributed by atoms with E-state index in [4.69, 9.17) is 4.74 Å². The number of hydrogen-bond acceptors (Lipinski definition) is 2. The first-order valence-electron chi connectivity index (χ1n) is 6.39. The zero-order chi connectivity index (χ0) is 10.8. The summed E-state index contributed by atoms with van der Waals surface area (Å²) in [5.74, 6) is 1.75. The smallest absolute Gasteiger partial charge is 0.120 e. The van der Waals surface area contributed by atoms with Gasteiger partial charge in [0.15, 0.2) is 0 Å². The quantitative estimate of drug-likeness (QED) is 0.840. The number of rotatable bonds is 3. The maximum absolute atomic E-state index is 5.93. The van der Waals surface area contributed by atoms with Crippen molar-refractivity contribution in [1.82, 2.24) is 5.32 Å². The molecule has 0 bridgehead atoms. The fourth-order valence-electron chi connectivity index (χ4n) is 2.46. The van der Waals surface area contributed by atoms with E-state index in [-0.39, 0.29) is 0 Å². The molecule has 1 unspecified atom stereocenters. The Bertz CT molecular complexity index is 354. The molecule has 86 valence electrons. The number of ether oxygens (including phenoxy) is 1. The SMILES string of the molecule is c1cc(OC2CCC2)cc(C2CCNC2)c1. The summed E-state index contributed by atoms with van der Waals surface area (Å²) in [6.45, 7) is 2.27. The Labute approximate surface area is 97.0 Å². The van der Waals surface area contributed by atoms with E-state index in [9.17, 15) is 0 Å². The largest absolute Gasteiger partial charge is 0.490 e. The molecule has 1 atom stereocenters. The second-order valence-electron chi connectivity index (χ2n) is 4.93. The summed E-state index contributed by atoms with van der Waals surface area (Å²) in [7, 11) is 0. The van der Waals surface area contributed by atoms with Crippen molar-refractivity contribution in [3.05, 3.63) is 29.8 Å². The average Bonchev–Trinajstić information content (AvgIpc) is 2.77. The minimum Gasteiger partial charge on any atom is -0.490 e. The van der Waals surface area contributed by atoms with E-state index < -0.39 is 0 Å². The van der Waals surface area contributed by atoms with Crippen molar-refractivity contribution < 1.29 is 4.74 Å². The van der Waals surface area contributed by atoms with Gasteiger partial charge in [0, 0.05) is 6.54 Å². The van der Waals surface area contributed by atoms with Gasteiger partial charge in [0.2, 0.25) is 0 Å². The average molecular weight is 217 g/mol. The highest BCUT2D eigenvalue weighted by Crippen LogP contribution is 2.29. The zero-order valence-electron chi connectivity index (χ0n) is 9.61. The van der Waals surface area contributed by atoms with Gasteiger partial charge in [-0.05, 0) is 55.8 Å². The van der Waals surface area contributed by atoms with Crippen LogP contribution >= 0.6 is 0 Å². The van der Waals surface area contributed by atoms with Crippen molar-refractivity contribution in [3.8, 4) is 5.75 Å². The highest BCUT2D eigenvalue weighted by molar-refractivity contribution is 5.31. The van der Waals surface area contributed by atoms with E-state index in [1.807, 2.05) is 0 Å². The van der Waals surface area contributed by atoms with Crippen LogP contribution in [0.2, 0.25) is 0 Å². The van der Waals surface area contributed by atoms with Crippen LogP contribution in [-0.4, -0.2) is 19.2 Å². The molecule has 1 aliphatic heterocycles. The van der Waals surface area contributed by atoms with Crippen molar-refractivity contribution >= 4 is 0 Å². The van der Waals surface area contributed by atoms with Crippen LogP contribution in [0.3, 0.4) is 0 Å². The molecule has 0 radical (unpaired) electrons. The monoisotopic (exact) mass is 217 g/mol. The van der Waals surface area contributed by atoms with Gasteiger partial charge in [-0.3, -0.25) is 0 Å². The first-order chi connectivity index (χ1) is 7.92. The molecule has 2 aliphatic rings. The van der Waals surface area contributed by atoms with Crippen LogP contribution in [0.1, 0.15) is 37.2 Å². The molecule has 1 saturated heterocycles. The standard InChI is InChI=1S/C14H19NO/c1-3-11(12-7-8-15-10-12)9-14(6-1)16-13-4-2-5-13/h1,3,6,9,12-13,15H,2,4-5,7-8,10H2. The predicted octanol–water partition coefficient (Wildman–Crippen LogP) is 2.69. The lowest BCUT2D eigenvalue weighted by molar-refractivity contribution is 0.120. The molecule has 0 aromatic heterocycles. The van der Waals surface area contributed by atoms with Crippen molar-refractivity contribution in [2.45, 2.75) is 37.7 Å². The van der Waals surface area contributed by atoms with Crippen molar-refractivity contribution in [3.63, 3.8) is 0 Å². The van der Waals surface area contributed by atoms with Gasteiger partial charge < -0.3 is 10.1 Å². The fraction of sp³-hybridized carbons (Fsp3) is 0.571. The third kappa shape index (κ3) is 2.07. The fourth-order valence-corrected chi connectivity index (χ4v) is 2.46. The van der Waals surface area contributed by atoms with Crippen molar-refractivity contribution in [2.24, 2.45) is 0 Å². The third-order valence-electron chi connectivity index (χ3n) is 3.74. The van der Waals surface area contributed by atoms with Crippen LogP contribution in [0, 0.1) is 0 Å². The molecule has 1 aromatic rings. The van der Waals surface area contributed by atoms with Crippen LogP contribution in [0.25, 0.3) is 0 Å². The molecule has 0 amide bonds. The Kier molecular flexibility index (Phi) is 2.83. The second-order valence-corrected chi connectivity index (χ2v) is 4.93. The summed E-state index contributed by atoms with van der Waals surface area (Å²) in [5, 5.41) is 3.41. The lowest BCUT2D eigenvalue weighted by Crippen LogP contribution is -2.24. The Morgan fingerprint density at radius 1 is 1.19 bits per heavy atom. The molecule has 1 aromatic carbocycles. The minimum absolute atomic E-state index is 0.483. The van der Waals surface area contributed by atoms with Gasteiger partial charge in [0.05, 0.1) is 6.10 Å². The summed E-state index contributed by atoms with van der Waals surface area (Å²) in [5.41, 5.74) is 1.43. The summed E-state index contributed by atoms with van der Waals surface area (Å²) in [6, 6.07) is 8.67. The van der Waals surface area contributed by atoms with Gasteiger partial charge in [0.25, 0.3) is 0 Å². The topological polar surface area (TPSA) is 21.3 Å². The highest BCUT2D eigenvalue weighted by Gasteiger charge is 2.20. The molecule has 1 N–H and O–H groups in total. The Morgan fingerprint density at radius 2 is 2.12 bits per heavy atom. The van der Waals surface area contributed by atoms with Crippen LogP contribution in [-0.2, 0) is 0 Å². The van der Waals surface area contributed by atoms with Gasteiger partial charge in [-0.25, -0.2) is 0 Å². The van der Waals surface area contributed by atoms with E-state index in [1.165, 1.54) is 31.2 Å². The minimum atomic E-state index is 0.483. The molecule has 2 fully saturated rings. The molecule has 1 saturated carbocycles. The van der Waals surface area contributed by atoms with Gasteiger partial charge in [-0.2, -0.15) is 0 Å². The number of benzene rings is 1. The molecule has 3 rings (SSSR count). The lowest BCUT2D eigenvalue weighted by Gasteiger charge is -2.26. The van der Waals surface area contributed by atoms with E-state index in [0.717, 1.165) is 18.8 Å². The first kappa shape index (κ1) is 10.2. The molecule has 2 nitrogen and oxygen atoms in total. The molecular formula is C14H19NO. The summed E-state index contributed by atoms with van der Waals surface area (Å²) in [4.78, 5) is 0. The van der Waals surface area contributed by atoms with E-state index in [1.54, 1.807) is 0 Å². The Morgan fingerprint density at radius 3 is 2.81 bits per heavy atom. The molecule has 0 spiro atoms. The molecular weight excluding hydrogens is 198 g/mol. The maximum Gasteiger partial charge on any atom is 0.120 e. The number of nitrogens with one attached hydrogen (secondary N) is 1. The predicted molar refractivity (Wildman–Crippen MR) is 64.9 cm³/mol. The summed E-state index contributed by atoms with van der Waals surface area (Å²) < 4.78 is 5.93. The van der Waals surface area contributed by atoms with Crippen molar-refractivity contribution in [1.29, 1.82) is 0 Å². The van der Waals surface area contributed by atoms with E-state index in [0.29, 0.717) is 12.0 Å². The summed E-state index contributed by atoms with van der Waals surface area (Å²) in [6.07, 6.45) is 5.53. The molecule has 1 aliphatic carbocycles. The lowest BCUT2D eigenvalue weighted by atomic mass is 9.95. The van der Waals surface area contributed by atoms with Crippen LogP contribution in [0.15, 0.2) is 24.3 Å². The highest BCUT2D eigenvalue weighted by atomic mass is 16.5. The maximum atomic E-state index is 5.93. The van der Waals surface area contributed by atoms with Crippen LogP contribution < -0.4 is 10.1 Å². The Balaban J connectivity index is 1.70. The van der Waals surface area contributed by atoms with Gasteiger partial charge in [-0.1, -0.05) is 12.1 Å². The normalized spacial score (nSPS) is 25.4. The molecule has 16 heavy (non-hydrogen) atoms. The van der Waals surface area contributed by atoms with Gasteiger partial charge >= 0.3 is 0 Å².